The van der Waals surface area contributed by atoms with Crippen molar-refractivity contribution in [2.45, 2.75) is 18.4 Å². The maximum atomic E-state index is 13.9. The SMILES string of the molecule is Cc1nnc2c(S(=O)(=O)N(Cc3ccccc3)c3cc(F)cc(F)c3)cccn12. The molecular formula is C20H16F2N4O2S. The van der Waals surface area contributed by atoms with Crippen molar-refractivity contribution >= 4 is 21.4 Å². The number of sulfonamides is 1. The van der Waals surface area contributed by atoms with E-state index in [1.807, 2.05) is 0 Å². The van der Waals surface area contributed by atoms with Gasteiger partial charge in [-0.05, 0) is 36.8 Å². The zero-order chi connectivity index (χ0) is 20.6. The van der Waals surface area contributed by atoms with Gasteiger partial charge in [-0.3, -0.25) is 8.71 Å². The summed E-state index contributed by atoms with van der Waals surface area (Å²) in [5.41, 5.74) is 0.676. The predicted molar refractivity (Wildman–Crippen MR) is 104 cm³/mol. The van der Waals surface area contributed by atoms with Crippen LogP contribution in [0.1, 0.15) is 11.4 Å². The third-order valence-corrected chi connectivity index (χ3v) is 6.24. The van der Waals surface area contributed by atoms with Crippen LogP contribution in [0.4, 0.5) is 14.5 Å². The maximum Gasteiger partial charge on any atom is 0.268 e. The van der Waals surface area contributed by atoms with Crippen LogP contribution in [0.3, 0.4) is 0 Å². The van der Waals surface area contributed by atoms with Crippen LogP contribution in [0.2, 0.25) is 0 Å². The molecule has 2 heterocycles. The van der Waals surface area contributed by atoms with Crippen LogP contribution in [0.15, 0.2) is 71.8 Å². The molecule has 0 unspecified atom stereocenters. The quantitative estimate of drug-likeness (QED) is 0.499. The van der Waals surface area contributed by atoms with Crippen LogP contribution in [0.25, 0.3) is 5.65 Å². The summed E-state index contributed by atoms with van der Waals surface area (Å²) in [6.45, 7) is 1.58. The lowest BCUT2D eigenvalue weighted by molar-refractivity contribution is 0.580. The van der Waals surface area contributed by atoms with E-state index in [0.29, 0.717) is 17.5 Å². The Morgan fingerprint density at radius 3 is 2.34 bits per heavy atom. The fourth-order valence-corrected chi connectivity index (χ4v) is 4.63. The Bertz CT molecular complexity index is 1270. The molecule has 0 aliphatic carbocycles. The largest absolute Gasteiger partial charge is 0.286 e. The molecule has 148 valence electrons. The topological polar surface area (TPSA) is 67.6 Å². The van der Waals surface area contributed by atoms with E-state index in [9.17, 15) is 17.2 Å². The second-order valence-corrected chi connectivity index (χ2v) is 8.27. The summed E-state index contributed by atoms with van der Waals surface area (Å²) >= 11 is 0. The summed E-state index contributed by atoms with van der Waals surface area (Å²) in [7, 11) is -4.22. The summed E-state index contributed by atoms with van der Waals surface area (Å²) < 4.78 is 57.4. The maximum absolute atomic E-state index is 13.9. The Morgan fingerprint density at radius 1 is 0.966 bits per heavy atom. The monoisotopic (exact) mass is 414 g/mol. The average molecular weight is 414 g/mol. The van der Waals surface area contributed by atoms with Crippen molar-refractivity contribution < 1.29 is 17.2 Å². The van der Waals surface area contributed by atoms with Crippen LogP contribution < -0.4 is 4.31 Å². The standard InChI is InChI=1S/C20H16F2N4O2S/c1-14-23-24-20-19(8-5-9-25(14)20)29(27,28)26(13-15-6-3-2-4-7-15)18-11-16(21)10-17(22)12-18/h2-12H,13H2,1H3. The zero-order valence-corrected chi connectivity index (χ0v) is 16.1. The summed E-state index contributed by atoms with van der Waals surface area (Å²) in [5.74, 6) is -1.22. The molecule has 4 rings (SSSR count). The fourth-order valence-electron chi connectivity index (χ4n) is 3.07. The Balaban J connectivity index is 1.91. The first-order valence-electron chi connectivity index (χ1n) is 8.69. The highest BCUT2D eigenvalue weighted by Gasteiger charge is 2.29. The molecule has 0 aliphatic heterocycles. The second kappa shape index (κ2) is 7.25. The van der Waals surface area contributed by atoms with Crippen molar-refractivity contribution in [2.75, 3.05) is 4.31 Å². The molecule has 2 aromatic carbocycles. The number of anilines is 1. The molecule has 4 aromatic rings. The minimum atomic E-state index is -4.22. The molecular weight excluding hydrogens is 398 g/mol. The Kier molecular flexibility index (Phi) is 4.75. The lowest BCUT2D eigenvalue weighted by Crippen LogP contribution is -2.31. The van der Waals surface area contributed by atoms with Crippen molar-refractivity contribution in [2.24, 2.45) is 0 Å². The predicted octanol–water partition coefficient (Wildman–Crippen LogP) is 3.71. The molecule has 0 bridgehead atoms. The van der Waals surface area contributed by atoms with Gasteiger partial charge in [0.2, 0.25) is 0 Å². The van der Waals surface area contributed by atoms with Crippen LogP contribution in [0, 0.1) is 18.6 Å². The number of aromatic nitrogens is 3. The van der Waals surface area contributed by atoms with Crippen molar-refractivity contribution in [3.8, 4) is 0 Å². The van der Waals surface area contributed by atoms with Crippen molar-refractivity contribution in [3.63, 3.8) is 0 Å². The highest BCUT2D eigenvalue weighted by Crippen LogP contribution is 2.29. The molecule has 2 aromatic heterocycles. The molecule has 0 spiro atoms. The number of rotatable bonds is 5. The molecule has 0 amide bonds. The van der Waals surface area contributed by atoms with Crippen LogP contribution >= 0.6 is 0 Å². The van der Waals surface area contributed by atoms with Crippen molar-refractivity contribution in [1.29, 1.82) is 0 Å². The number of hydrogen-bond acceptors (Lipinski definition) is 4. The molecule has 0 N–H and O–H groups in total. The van der Waals surface area contributed by atoms with Gasteiger partial charge in [0.1, 0.15) is 22.4 Å². The first-order valence-corrected chi connectivity index (χ1v) is 10.1. The minimum Gasteiger partial charge on any atom is -0.286 e. The van der Waals surface area contributed by atoms with E-state index in [4.69, 9.17) is 0 Å². The lowest BCUT2D eigenvalue weighted by atomic mass is 10.2. The third-order valence-electron chi connectivity index (χ3n) is 4.44. The molecule has 9 heteroatoms. The fraction of sp³-hybridized carbons (Fsp3) is 0.100. The molecule has 0 fully saturated rings. The molecule has 6 nitrogen and oxygen atoms in total. The number of nitrogens with zero attached hydrogens (tertiary/aromatic N) is 4. The highest BCUT2D eigenvalue weighted by atomic mass is 32.2. The van der Waals surface area contributed by atoms with Gasteiger partial charge in [0, 0.05) is 12.3 Å². The molecule has 0 aliphatic rings. The summed E-state index contributed by atoms with van der Waals surface area (Å²) in [4.78, 5) is -0.110. The third kappa shape index (κ3) is 3.56. The van der Waals surface area contributed by atoms with Gasteiger partial charge in [0.25, 0.3) is 10.0 Å². The summed E-state index contributed by atoms with van der Waals surface area (Å²) in [6, 6.07) is 14.4. The number of aryl methyl sites for hydroxylation is 1. The van der Waals surface area contributed by atoms with E-state index >= 15 is 0 Å². The van der Waals surface area contributed by atoms with E-state index in [1.54, 1.807) is 53.9 Å². The molecule has 0 radical (unpaired) electrons. The van der Waals surface area contributed by atoms with E-state index in [0.717, 1.165) is 16.4 Å². The van der Waals surface area contributed by atoms with Crippen LogP contribution in [0.5, 0.6) is 0 Å². The van der Waals surface area contributed by atoms with Gasteiger partial charge in [-0.2, -0.15) is 0 Å². The number of pyridine rings is 1. The average Bonchev–Trinajstić information content (AvgIpc) is 3.07. The van der Waals surface area contributed by atoms with E-state index in [1.165, 1.54) is 6.07 Å². The number of halogens is 2. The number of benzene rings is 2. The van der Waals surface area contributed by atoms with Gasteiger partial charge in [0.05, 0.1) is 12.2 Å². The van der Waals surface area contributed by atoms with Gasteiger partial charge >= 0.3 is 0 Å². The Hall–Kier alpha value is -3.33. The minimum absolute atomic E-state index is 0.110. The summed E-state index contributed by atoms with van der Waals surface area (Å²) in [6.07, 6.45) is 1.65. The molecule has 29 heavy (non-hydrogen) atoms. The van der Waals surface area contributed by atoms with Crippen molar-refractivity contribution in [3.05, 3.63) is 89.9 Å². The molecule has 0 saturated heterocycles. The molecule has 0 saturated carbocycles. The zero-order valence-electron chi connectivity index (χ0n) is 15.3. The van der Waals surface area contributed by atoms with E-state index in [-0.39, 0.29) is 22.8 Å². The van der Waals surface area contributed by atoms with Gasteiger partial charge in [0.15, 0.2) is 5.65 Å². The summed E-state index contributed by atoms with van der Waals surface area (Å²) in [5, 5.41) is 7.89. The highest BCUT2D eigenvalue weighted by molar-refractivity contribution is 7.93. The van der Waals surface area contributed by atoms with Crippen LogP contribution in [-0.4, -0.2) is 23.0 Å². The van der Waals surface area contributed by atoms with Gasteiger partial charge in [-0.1, -0.05) is 30.3 Å². The lowest BCUT2D eigenvalue weighted by Gasteiger charge is -2.25. The van der Waals surface area contributed by atoms with Gasteiger partial charge in [-0.15, -0.1) is 10.2 Å². The number of hydrogen-bond donors (Lipinski definition) is 0. The van der Waals surface area contributed by atoms with Gasteiger partial charge in [-0.25, -0.2) is 17.2 Å². The first-order chi connectivity index (χ1) is 13.9. The molecule has 0 atom stereocenters. The van der Waals surface area contributed by atoms with Crippen molar-refractivity contribution in [1.82, 2.24) is 14.6 Å². The van der Waals surface area contributed by atoms with E-state index in [2.05, 4.69) is 10.2 Å². The smallest absolute Gasteiger partial charge is 0.268 e. The number of fused-ring (bicyclic) bond motifs is 1. The Labute approximate surface area is 166 Å². The van der Waals surface area contributed by atoms with Crippen LogP contribution in [-0.2, 0) is 16.6 Å². The normalized spacial score (nSPS) is 11.7. The van der Waals surface area contributed by atoms with Gasteiger partial charge < -0.3 is 0 Å². The Morgan fingerprint density at radius 2 is 1.66 bits per heavy atom. The van der Waals surface area contributed by atoms with E-state index < -0.39 is 21.7 Å². The first kappa shape index (κ1) is 19.0. The second-order valence-electron chi connectivity index (χ2n) is 6.44.